The molecule has 0 aliphatic carbocycles. The predicted molar refractivity (Wildman–Crippen MR) is 150 cm³/mol. The maximum absolute atomic E-state index is 13.4. The van der Waals surface area contributed by atoms with Crippen LogP contribution in [0.4, 0.5) is 0 Å². The van der Waals surface area contributed by atoms with E-state index >= 15 is 0 Å². The van der Waals surface area contributed by atoms with Gasteiger partial charge in [0.05, 0.1) is 13.7 Å². The van der Waals surface area contributed by atoms with Gasteiger partial charge in [-0.15, -0.1) is 0 Å². The highest BCUT2D eigenvalue weighted by Gasteiger charge is 2.30. The molecule has 0 radical (unpaired) electrons. The lowest BCUT2D eigenvalue weighted by atomic mass is 9.93. The SMILES string of the molecule is C=C/C=C(\C=C/C)C1COC(c2ccc(C(=O)NC(CCSC)C(=O)OC)c(-c3ccccc3C)c2)O1. The van der Waals surface area contributed by atoms with Crippen molar-refractivity contribution in [3.05, 3.63) is 95.6 Å². The Morgan fingerprint density at radius 1 is 1.24 bits per heavy atom. The summed E-state index contributed by atoms with van der Waals surface area (Å²) in [6.07, 6.45) is 9.23. The first-order valence-corrected chi connectivity index (χ1v) is 13.6. The van der Waals surface area contributed by atoms with Gasteiger partial charge in [0.15, 0.2) is 6.29 Å². The van der Waals surface area contributed by atoms with Gasteiger partial charge in [-0.3, -0.25) is 4.79 Å². The van der Waals surface area contributed by atoms with Gasteiger partial charge in [-0.2, -0.15) is 11.8 Å². The first-order valence-electron chi connectivity index (χ1n) is 12.2. The number of nitrogens with one attached hydrogen (secondary N) is 1. The zero-order valence-electron chi connectivity index (χ0n) is 21.9. The van der Waals surface area contributed by atoms with Crippen LogP contribution in [0, 0.1) is 6.92 Å². The Balaban J connectivity index is 1.96. The molecule has 3 atom stereocenters. The summed E-state index contributed by atoms with van der Waals surface area (Å²) in [5, 5.41) is 2.87. The summed E-state index contributed by atoms with van der Waals surface area (Å²) >= 11 is 1.61. The third-order valence-electron chi connectivity index (χ3n) is 6.13. The van der Waals surface area contributed by atoms with E-state index in [1.165, 1.54) is 7.11 Å². The standard InChI is InChI=1S/C30H35NO5S/c1-6-10-21(11-7-2)27-19-35-30(36-27)22-14-15-24(25(18-22)23-13-9-8-12-20(23)3)28(32)31-26(16-17-37-5)29(33)34-4/h6-15,18,26-27,30H,1,16-17,19H2,2-5H3,(H,31,32)/b11-7-,21-10+. The molecule has 1 aliphatic rings. The molecule has 37 heavy (non-hydrogen) atoms. The Morgan fingerprint density at radius 2 is 2.03 bits per heavy atom. The van der Waals surface area contributed by atoms with Crippen LogP contribution in [-0.2, 0) is 19.0 Å². The molecular weight excluding hydrogens is 486 g/mol. The number of thioether (sulfide) groups is 1. The van der Waals surface area contributed by atoms with Crippen LogP contribution in [-0.4, -0.2) is 49.7 Å². The van der Waals surface area contributed by atoms with E-state index in [1.807, 2.05) is 74.7 Å². The minimum atomic E-state index is -0.724. The maximum Gasteiger partial charge on any atom is 0.328 e. The smallest absolute Gasteiger partial charge is 0.328 e. The molecule has 2 aromatic rings. The number of methoxy groups -OCH3 is 1. The van der Waals surface area contributed by atoms with Crippen molar-refractivity contribution in [2.24, 2.45) is 0 Å². The number of benzene rings is 2. The highest BCUT2D eigenvalue weighted by atomic mass is 32.2. The van der Waals surface area contributed by atoms with Crippen molar-refractivity contribution in [1.29, 1.82) is 0 Å². The van der Waals surface area contributed by atoms with Gasteiger partial charge in [-0.05, 0) is 66.7 Å². The van der Waals surface area contributed by atoms with Crippen molar-refractivity contribution in [3.63, 3.8) is 0 Å². The lowest BCUT2D eigenvalue weighted by Crippen LogP contribution is -2.42. The zero-order valence-corrected chi connectivity index (χ0v) is 22.7. The lowest BCUT2D eigenvalue weighted by molar-refractivity contribution is -0.142. The lowest BCUT2D eigenvalue weighted by Gasteiger charge is -2.20. The predicted octanol–water partition coefficient (Wildman–Crippen LogP) is 5.79. The van der Waals surface area contributed by atoms with Gasteiger partial charge in [0.25, 0.3) is 5.91 Å². The Kier molecular flexibility index (Phi) is 10.7. The average Bonchev–Trinajstić information content (AvgIpc) is 3.40. The number of hydrogen-bond acceptors (Lipinski definition) is 6. The average molecular weight is 522 g/mol. The highest BCUT2D eigenvalue weighted by molar-refractivity contribution is 7.98. The summed E-state index contributed by atoms with van der Waals surface area (Å²) < 4.78 is 17.2. The van der Waals surface area contributed by atoms with Crippen molar-refractivity contribution in [2.45, 2.75) is 38.7 Å². The quantitative estimate of drug-likeness (QED) is 0.298. The molecule has 1 amide bonds. The molecule has 0 spiro atoms. The molecule has 0 saturated carbocycles. The number of carbonyl (C=O) groups is 2. The van der Waals surface area contributed by atoms with Crippen molar-refractivity contribution < 1.29 is 23.8 Å². The summed E-state index contributed by atoms with van der Waals surface area (Å²) in [6, 6.07) is 12.7. The van der Waals surface area contributed by atoms with Crippen molar-refractivity contribution in [3.8, 4) is 11.1 Å². The van der Waals surface area contributed by atoms with Crippen LogP contribution in [0.5, 0.6) is 0 Å². The Labute approximate surface area is 223 Å². The van der Waals surface area contributed by atoms with E-state index in [0.29, 0.717) is 18.6 Å². The molecular formula is C30H35NO5S. The van der Waals surface area contributed by atoms with Crippen molar-refractivity contribution in [1.82, 2.24) is 5.32 Å². The van der Waals surface area contributed by atoms with E-state index in [2.05, 4.69) is 11.9 Å². The van der Waals surface area contributed by atoms with E-state index in [0.717, 1.165) is 33.6 Å². The fraction of sp³-hybridized carbons (Fsp3) is 0.333. The highest BCUT2D eigenvalue weighted by Crippen LogP contribution is 2.35. The largest absolute Gasteiger partial charge is 0.467 e. The number of aryl methyl sites for hydroxylation is 1. The molecule has 2 aromatic carbocycles. The van der Waals surface area contributed by atoms with Crippen LogP contribution in [0.2, 0.25) is 0 Å². The molecule has 6 nitrogen and oxygen atoms in total. The first-order chi connectivity index (χ1) is 17.9. The minimum Gasteiger partial charge on any atom is -0.467 e. The van der Waals surface area contributed by atoms with Gasteiger partial charge in [0, 0.05) is 11.1 Å². The molecule has 1 saturated heterocycles. The molecule has 196 valence electrons. The van der Waals surface area contributed by atoms with E-state index in [9.17, 15) is 9.59 Å². The number of allylic oxidation sites excluding steroid dienone is 3. The van der Waals surface area contributed by atoms with Gasteiger partial charge in [0.2, 0.25) is 0 Å². The summed E-state index contributed by atoms with van der Waals surface area (Å²) in [5.74, 6) is -0.0760. The Hall–Kier alpha value is -3.13. The normalized spacial score (nSPS) is 18.5. The number of esters is 1. The first kappa shape index (κ1) is 28.4. The molecule has 1 aliphatic heterocycles. The van der Waals surface area contributed by atoms with E-state index < -0.39 is 18.3 Å². The number of rotatable bonds is 11. The van der Waals surface area contributed by atoms with E-state index in [4.69, 9.17) is 14.2 Å². The van der Waals surface area contributed by atoms with Crippen LogP contribution in [0.3, 0.4) is 0 Å². The van der Waals surface area contributed by atoms with Crippen LogP contribution in [0.1, 0.15) is 41.1 Å². The van der Waals surface area contributed by atoms with Crippen LogP contribution < -0.4 is 5.32 Å². The second-order valence-corrected chi connectivity index (χ2v) is 9.63. The second kappa shape index (κ2) is 14.0. The zero-order chi connectivity index (χ0) is 26.8. The number of amides is 1. The van der Waals surface area contributed by atoms with Crippen molar-refractivity contribution in [2.75, 3.05) is 25.7 Å². The topological polar surface area (TPSA) is 73.9 Å². The van der Waals surface area contributed by atoms with E-state index in [-0.39, 0.29) is 12.0 Å². The molecule has 0 aromatic heterocycles. The molecule has 3 unspecified atom stereocenters. The minimum absolute atomic E-state index is 0.221. The fourth-order valence-electron chi connectivity index (χ4n) is 4.22. The Bertz CT molecular complexity index is 1170. The van der Waals surface area contributed by atoms with Gasteiger partial charge in [0.1, 0.15) is 12.1 Å². The van der Waals surface area contributed by atoms with Gasteiger partial charge in [-0.1, -0.05) is 61.2 Å². The summed E-state index contributed by atoms with van der Waals surface area (Å²) in [7, 11) is 1.33. The Morgan fingerprint density at radius 3 is 2.70 bits per heavy atom. The summed E-state index contributed by atoms with van der Waals surface area (Å²) in [5.41, 5.74) is 4.94. The second-order valence-electron chi connectivity index (χ2n) is 8.64. The fourth-order valence-corrected chi connectivity index (χ4v) is 4.69. The van der Waals surface area contributed by atoms with E-state index in [1.54, 1.807) is 23.9 Å². The van der Waals surface area contributed by atoms with Gasteiger partial charge >= 0.3 is 5.97 Å². The monoisotopic (exact) mass is 521 g/mol. The van der Waals surface area contributed by atoms with Crippen molar-refractivity contribution >= 4 is 23.6 Å². The summed E-state index contributed by atoms with van der Waals surface area (Å²) in [6.45, 7) is 8.15. The third-order valence-corrected chi connectivity index (χ3v) is 6.77. The van der Waals surface area contributed by atoms with Crippen LogP contribution in [0.25, 0.3) is 11.1 Å². The van der Waals surface area contributed by atoms with Crippen LogP contribution in [0.15, 0.2) is 78.9 Å². The maximum atomic E-state index is 13.4. The number of carbonyl (C=O) groups excluding carboxylic acids is 2. The third kappa shape index (κ3) is 7.22. The molecule has 1 fully saturated rings. The number of hydrogen-bond donors (Lipinski definition) is 1. The van der Waals surface area contributed by atoms with Gasteiger partial charge < -0.3 is 19.5 Å². The molecule has 1 N–H and O–H groups in total. The summed E-state index contributed by atoms with van der Waals surface area (Å²) in [4.78, 5) is 25.8. The molecule has 7 heteroatoms. The van der Waals surface area contributed by atoms with Crippen LogP contribution >= 0.6 is 11.8 Å². The van der Waals surface area contributed by atoms with Gasteiger partial charge in [-0.25, -0.2) is 4.79 Å². The molecule has 3 rings (SSSR count). The number of ether oxygens (including phenoxy) is 3. The molecule has 1 heterocycles. The molecule has 0 bridgehead atoms.